The van der Waals surface area contributed by atoms with E-state index in [9.17, 15) is 13.2 Å². The van der Waals surface area contributed by atoms with Crippen molar-refractivity contribution in [3.05, 3.63) is 23.6 Å². The molecule has 28 heavy (non-hydrogen) atoms. The summed E-state index contributed by atoms with van der Waals surface area (Å²) in [6, 6.07) is 0. The lowest BCUT2D eigenvalue weighted by molar-refractivity contribution is 0.153. The van der Waals surface area contributed by atoms with Crippen molar-refractivity contribution in [2.24, 2.45) is 29.6 Å². The standard InChI is InChI=1S/C25H35F3/c1-2-3-4-5-18-8-12-21(13-9-18)22-14-10-19(11-15-22)6-7-20-16-23(26)25(28)24(27)17-20/h16,18-22H,2-5,8-15,17H2,1H3. The number of unbranched alkanes of at least 4 members (excludes halogenated alkanes) is 2. The summed E-state index contributed by atoms with van der Waals surface area (Å²) in [6.45, 7) is 2.27. The maximum atomic E-state index is 13.4. The van der Waals surface area contributed by atoms with Crippen LogP contribution in [0.2, 0.25) is 0 Å². The molecular formula is C25H35F3. The van der Waals surface area contributed by atoms with Gasteiger partial charge in [-0.2, -0.15) is 0 Å². The lowest BCUT2D eigenvalue weighted by atomic mass is 9.68. The van der Waals surface area contributed by atoms with Crippen molar-refractivity contribution < 1.29 is 13.2 Å². The van der Waals surface area contributed by atoms with Gasteiger partial charge in [0.15, 0.2) is 11.7 Å². The molecular weight excluding hydrogens is 357 g/mol. The van der Waals surface area contributed by atoms with Gasteiger partial charge in [-0.3, -0.25) is 0 Å². The highest BCUT2D eigenvalue weighted by Gasteiger charge is 2.30. The SMILES string of the molecule is CCCCCC1CCC(C2CCC(C#CC3C=C(F)C(F)=C(F)C3)CC2)CC1. The third kappa shape index (κ3) is 5.91. The van der Waals surface area contributed by atoms with Crippen LogP contribution < -0.4 is 0 Å². The Labute approximate surface area is 169 Å². The van der Waals surface area contributed by atoms with Gasteiger partial charge in [0.25, 0.3) is 0 Å². The summed E-state index contributed by atoms with van der Waals surface area (Å²) in [5, 5.41) is 0. The molecule has 0 aromatic heterocycles. The first-order valence-electron chi connectivity index (χ1n) is 11.5. The second-order valence-corrected chi connectivity index (χ2v) is 9.22. The maximum Gasteiger partial charge on any atom is 0.189 e. The van der Waals surface area contributed by atoms with Crippen molar-refractivity contribution in [2.45, 2.75) is 90.4 Å². The molecule has 0 amide bonds. The summed E-state index contributed by atoms with van der Waals surface area (Å²) in [4.78, 5) is 0. The van der Waals surface area contributed by atoms with Gasteiger partial charge in [0.2, 0.25) is 0 Å². The fraction of sp³-hybridized carbons (Fsp3) is 0.760. The largest absolute Gasteiger partial charge is 0.208 e. The molecule has 0 heterocycles. The third-order valence-corrected chi connectivity index (χ3v) is 7.21. The molecule has 3 aliphatic rings. The van der Waals surface area contributed by atoms with E-state index in [4.69, 9.17) is 0 Å². The van der Waals surface area contributed by atoms with Crippen LogP contribution >= 0.6 is 0 Å². The van der Waals surface area contributed by atoms with Gasteiger partial charge in [-0.25, -0.2) is 13.2 Å². The summed E-state index contributed by atoms with van der Waals surface area (Å²) >= 11 is 0. The second-order valence-electron chi connectivity index (χ2n) is 9.22. The first kappa shape index (κ1) is 21.5. The number of hydrogen-bond acceptors (Lipinski definition) is 0. The Morgan fingerprint density at radius 2 is 1.50 bits per heavy atom. The highest BCUT2D eigenvalue weighted by Crippen LogP contribution is 2.42. The van der Waals surface area contributed by atoms with Gasteiger partial charge in [-0.15, -0.1) is 0 Å². The summed E-state index contributed by atoms with van der Waals surface area (Å²) in [5.74, 6) is 5.28. The van der Waals surface area contributed by atoms with E-state index in [0.717, 1.165) is 36.7 Å². The average Bonchev–Trinajstić information content (AvgIpc) is 2.71. The molecule has 0 aromatic rings. The number of allylic oxidation sites excluding steroid dienone is 4. The van der Waals surface area contributed by atoms with E-state index in [0.29, 0.717) is 5.92 Å². The fourth-order valence-electron chi connectivity index (χ4n) is 5.40. The molecule has 1 atom stereocenters. The van der Waals surface area contributed by atoms with E-state index >= 15 is 0 Å². The molecule has 1 unspecified atom stereocenters. The van der Waals surface area contributed by atoms with Gasteiger partial charge in [0.05, 0.1) is 0 Å². The molecule has 156 valence electrons. The van der Waals surface area contributed by atoms with Crippen LogP contribution in [0.15, 0.2) is 23.6 Å². The van der Waals surface area contributed by atoms with Gasteiger partial charge >= 0.3 is 0 Å². The molecule has 3 rings (SSSR count). The van der Waals surface area contributed by atoms with Crippen molar-refractivity contribution in [1.29, 1.82) is 0 Å². The van der Waals surface area contributed by atoms with Crippen molar-refractivity contribution in [1.82, 2.24) is 0 Å². The summed E-state index contributed by atoms with van der Waals surface area (Å²) in [5.41, 5.74) is 0. The Bertz CT molecular complexity index is 620. The van der Waals surface area contributed by atoms with Crippen LogP contribution in [0.25, 0.3) is 0 Å². The Balaban J connectivity index is 1.39. The zero-order valence-electron chi connectivity index (χ0n) is 17.3. The quantitative estimate of drug-likeness (QED) is 0.327. The molecule has 3 heteroatoms. The zero-order valence-corrected chi connectivity index (χ0v) is 17.3. The molecule has 0 aromatic carbocycles. The third-order valence-electron chi connectivity index (χ3n) is 7.21. The molecule has 0 N–H and O–H groups in total. The van der Waals surface area contributed by atoms with Crippen LogP contribution in [0.1, 0.15) is 90.4 Å². The summed E-state index contributed by atoms with van der Waals surface area (Å²) in [6.07, 6.45) is 16.8. The van der Waals surface area contributed by atoms with Crippen molar-refractivity contribution in [2.75, 3.05) is 0 Å². The smallest absolute Gasteiger partial charge is 0.189 e. The van der Waals surface area contributed by atoms with Crippen molar-refractivity contribution >= 4 is 0 Å². The Morgan fingerprint density at radius 1 is 0.857 bits per heavy atom. The Kier molecular flexibility index (Phi) is 8.12. The Morgan fingerprint density at radius 3 is 2.11 bits per heavy atom. The van der Waals surface area contributed by atoms with Gasteiger partial charge in [-0.05, 0) is 62.4 Å². The predicted octanol–water partition coefficient (Wildman–Crippen LogP) is 8.21. The lowest BCUT2D eigenvalue weighted by Gasteiger charge is -2.37. The summed E-state index contributed by atoms with van der Waals surface area (Å²) < 4.78 is 39.8. The highest BCUT2D eigenvalue weighted by atomic mass is 19.2. The van der Waals surface area contributed by atoms with Gasteiger partial charge in [0.1, 0.15) is 5.83 Å². The topological polar surface area (TPSA) is 0 Å². The minimum absolute atomic E-state index is 0.136. The van der Waals surface area contributed by atoms with Crippen LogP contribution in [-0.4, -0.2) is 0 Å². The first-order chi connectivity index (χ1) is 13.6. The minimum Gasteiger partial charge on any atom is -0.208 e. The van der Waals surface area contributed by atoms with E-state index in [1.54, 1.807) is 0 Å². The van der Waals surface area contributed by atoms with E-state index in [2.05, 4.69) is 18.8 Å². The van der Waals surface area contributed by atoms with E-state index in [1.165, 1.54) is 64.2 Å². The van der Waals surface area contributed by atoms with Gasteiger partial charge in [-0.1, -0.05) is 57.3 Å². The molecule has 0 saturated heterocycles. The molecule has 2 fully saturated rings. The zero-order chi connectivity index (χ0) is 19.9. The molecule has 0 aliphatic heterocycles. The van der Waals surface area contributed by atoms with E-state index in [-0.39, 0.29) is 6.42 Å². The number of halogens is 3. The first-order valence-corrected chi connectivity index (χ1v) is 11.5. The molecule has 0 spiro atoms. The molecule has 0 nitrogen and oxygen atoms in total. The average molecular weight is 393 g/mol. The van der Waals surface area contributed by atoms with Crippen LogP contribution in [0.3, 0.4) is 0 Å². The van der Waals surface area contributed by atoms with E-state index in [1.807, 2.05) is 0 Å². The minimum atomic E-state index is -1.35. The monoisotopic (exact) mass is 392 g/mol. The maximum absolute atomic E-state index is 13.4. The molecule has 0 bridgehead atoms. The normalized spacial score (nSPS) is 33.9. The van der Waals surface area contributed by atoms with Crippen LogP contribution in [0, 0.1) is 41.4 Å². The van der Waals surface area contributed by atoms with Crippen molar-refractivity contribution in [3.63, 3.8) is 0 Å². The van der Waals surface area contributed by atoms with Crippen LogP contribution in [-0.2, 0) is 0 Å². The van der Waals surface area contributed by atoms with Crippen LogP contribution in [0.4, 0.5) is 13.2 Å². The van der Waals surface area contributed by atoms with E-state index < -0.39 is 23.4 Å². The number of hydrogen-bond donors (Lipinski definition) is 0. The highest BCUT2D eigenvalue weighted by molar-refractivity contribution is 5.31. The van der Waals surface area contributed by atoms with Crippen molar-refractivity contribution in [3.8, 4) is 11.8 Å². The fourth-order valence-corrected chi connectivity index (χ4v) is 5.40. The Hall–Kier alpha value is -1.17. The number of rotatable bonds is 5. The summed E-state index contributed by atoms with van der Waals surface area (Å²) in [7, 11) is 0. The van der Waals surface area contributed by atoms with Gasteiger partial charge < -0.3 is 0 Å². The second kappa shape index (κ2) is 10.6. The molecule has 0 radical (unpaired) electrons. The lowest BCUT2D eigenvalue weighted by Crippen LogP contribution is -2.25. The van der Waals surface area contributed by atoms with Crippen LogP contribution in [0.5, 0.6) is 0 Å². The van der Waals surface area contributed by atoms with Gasteiger partial charge in [0, 0.05) is 18.3 Å². The molecule has 3 aliphatic carbocycles. The predicted molar refractivity (Wildman–Crippen MR) is 109 cm³/mol. The molecule has 2 saturated carbocycles.